The van der Waals surface area contributed by atoms with Gasteiger partial charge in [0.05, 0.1) is 0 Å². The molecule has 0 fully saturated rings. The van der Waals surface area contributed by atoms with Crippen LogP contribution in [0.2, 0.25) is 0 Å². The first kappa shape index (κ1) is 64.4. The van der Waals surface area contributed by atoms with E-state index in [0.29, 0.717) is 19.3 Å². The lowest BCUT2D eigenvalue weighted by Crippen LogP contribution is -2.30. The van der Waals surface area contributed by atoms with Crippen LogP contribution in [0.25, 0.3) is 0 Å². The van der Waals surface area contributed by atoms with Gasteiger partial charge in [-0.1, -0.05) is 292 Å². The number of rotatable bonds is 53. The third-order valence-corrected chi connectivity index (χ3v) is 14.0. The number of hydrogen-bond donors (Lipinski definition) is 0. The van der Waals surface area contributed by atoms with Crippen molar-refractivity contribution < 1.29 is 28.6 Å². The van der Waals surface area contributed by atoms with Gasteiger partial charge in [0.1, 0.15) is 13.2 Å². The lowest BCUT2D eigenvalue weighted by molar-refractivity contribution is -0.167. The summed E-state index contributed by atoms with van der Waals surface area (Å²) in [4.78, 5) is 38.1. The third kappa shape index (κ3) is 51.8. The molecule has 0 rings (SSSR count). The first-order valence-electron chi connectivity index (χ1n) is 29.6. The van der Waals surface area contributed by atoms with E-state index in [1.807, 2.05) is 0 Å². The monoisotopic (exact) mass is 933 g/mol. The van der Waals surface area contributed by atoms with Crippen LogP contribution >= 0.6 is 0 Å². The maximum Gasteiger partial charge on any atom is 0.306 e. The number of esters is 3. The average molecular weight is 934 g/mol. The fraction of sp³-hybridized carbons (Fsp3) is 0.950. The molecule has 1 unspecified atom stereocenters. The third-order valence-electron chi connectivity index (χ3n) is 14.0. The predicted octanol–water partition coefficient (Wildman–Crippen LogP) is 19.5. The van der Waals surface area contributed by atoms with E-state index < -0.39 is 6.10 Å². The molecule has 0 bridgehead atoms. The van der Waals surface area contributed by atoms with Gasteiger partial charge in [-0.25, -0.2) is 0 Å². The second-order valence-electron chi connectivity index (χ2n) is 21.8. The first-order valence-corrected chi connectivity index (χ1v) is 29.6. The summed E-state index contributed by atoms with van der Waals surface area (Å²) in [7, 11) is 0. The van der Waals surface area contributed by atoms with E-state index in [1.54, 1.807) is 0 Å². The quantitative estimate of drug-likeness (QED) is 0.0343. The molecule has 0 aliphatic rings. The van der Waals surface area contributed by atoms with E-state index in [-0.39, 0.29) is 31.1 Å². The van der Waals surface area contributed by atoms with E-state index >= 15 is 0 Å². The molecule has 0 aromatic carbocycles. The second kappa shape index (κ2) is 51.3. The fourth-order valence-corrected chi connectivity index (χ4v) is 9.14. The van der Waals surface area contributed by atoms with Crippen molar-refractivity contribution in [2.75, 3.05) is 13.2 Å². The van der Waals surface area contributed by atoms with Gasteiger partial charge in [-0.2, -0.15) is 0 Å². The molecule has 6 heteroatoms. The molecule has 0 aromatic rings. The Bertz CT molecular complexity index is 1020. The maximum absolute atomic E-state index is 12.8. The van der Waals surface area contributed by atoms with Gasteiger partial charge in [-0.05, 0) is 37.0 Å². The summed E-state index contributed by atoms with van der Waals surface area (Å²) in [5, 5.41) is 0. The Labute approximate surface area is 412 Å². The number of hydrogen-bond acceptors (Lipinski definition) is 6. The van der Waals surface area contributed by atoms with Gasteiger partial charge in [-0.15, -0.1) is 0 Å². The largest absolute Gasteiger partial charge is 0.462 e. The van der Waals surface area contributed by atoms with Crippen molar-refractivity contribution >= 4 is 17.9 Å². The summed E-state index contributed by atoms with van der Waals surface area (Å²) < 4.78 is 16.9. The van der Waals surface area contributed by atoms with Crippen LogP contribution in [0.3, 0.4) is 0 Å². The molecule has 6 nitrogen and oxygen atoms in total. The van der Waals surface area contributed by atoms with Gasteiger partial charge in [0, 0.05) is 19.3 Å². The molecule has 0 radical (unpaired) electrons. The zero-order valence-corrected chi connectivity index (χ0v) is 45.5. The number of carbonyl (C=O) groups excluding carboxylic acids is 3. The average Bonchev–Trinajstić information content (AvgIpc) is 3.29. The summed E-state index contributed by atoms with van der Waals surface area (Å²) in [6, 6.07) is 0. The minimum atomic E-state index is -0.764. The van der Waals surface area contributed by atoms with Crippen molar-refractivity contribution in [3.05, 3.63) is 0 Å². The zero-order valence-electron chi connectivity index (χ0n) is 45.5. The Morgan fingerprint density at radius 2 is 0.530 bits per heavy atom. The lowest BCUT2D eigenvalue weighted by atomic mass is 9.99. The first-order chi connectivity index (χ1) is 32.1. The highest BCUT2D eigenvalue weighted by Crippen LogP contribution is 2.19. The molecule has 0 saturated carbocycles. The van der Waals surface area contributed by atoms with E-state index in [2.05, 4.69) is 41.5 Å². The van der Waals surface area contributed by atoms with Crippen molar-refractivity contribution in [3.63, 3.8) is 0 Å². The standard InChI is InChI=1S/C60H116O6/c1-7-56(6)48-42-36-30-23-19-14-12-10-8-9-11-13-15-20-24-31-37-43-49-58(61)64-52-57(66-60(63)51-45-39-33-27-26-29-35-41-47-55(4)5)53-65-59(62)50-44-38-32-25-21-17-16-18-22-28-34-40-46-54(2)3/h54-57H,7-53H2,1-6H3/t56?,57-/m0/s1. The van der Waals surface area contributed by atoms with Gasteiger partial charge >= 0.3 is 17.9 Å². The molecule has 0 amide bonds. The topological polar surface area (TPSA) is 78.9 Å². The molecule has 0 heterocycles. The van der Waals surface area contributed by atoms with E-state index in [4.69, 9.17) is 14.2 Å². The molecule has 0 N–H and O–H groups in total. The van der Waals surface area contributed by atoms with Crippen molar-refractivity contribution in [2.24, 2.45) is 17.8 Å². The Morgan fingerprint density at radius 3 is 0.788 bits per heavy atom. The van der Waals surface area contributed by atoms with Gasteiger partial charge in [0.2, 0.25) is 0 Å². The van der Waals surface area contributed by atoms with E-state index in [9.17, 15) is 14.4 Å². The number of unbranched alkanes of at least 4 members (excludes halogenated alkanes) is 35. The molecule has 0 saturated heterocycles. The molecule has 0 spiro atoms. The van der Waals surface area contributed by atoms with E-state index in [0.717, 1.165) is 75.5 Å². The van der Waals surface area contributed by atoms with Crippen molar-refractivity contribution in [1.82, 2.24) is 0 Å². The second-order valence-corrected chi connectivity index (χ2v) is 21.8. The van der Waals surface area contributed by atoms with Gasteiger partial charge in [0.25, 0.3) is 0 Å². The summed E-state index contributed by atoms with van der Waals surface area (Å²) in [5.74, 6) is 1.69. The Hall–Kier alpha value is -1.59. The molecular formula is C60H116O6. The molecule has 0 aromatic heterocycles. The van der Waals surface area contributed by atoms with Crippen LogP contribution in [0.15, 0.2) is 0 Å². The Morgan fingerprint density at radius 1 is 0.303 bits per heavy atom. The lowest BCUT2D eigenvalue weighted by Gasteiger charge is -2.18. The fourth-order valence-electron chi connectivity index (χ4n) is 9.14. The predicted molar refractivity (Wildman–Crippen MR) is 284 cm³/mol. The Kier molecular flexibility index (Phi) is 50.0. The molecule has 392 valence electrons. The summed E-state index contributed by atoms with van der Waals surface area (Å²) in [6.45, 7) is 13.8. The minimum absolute atomic E-state index is 0.0640. The molecule has 2 atom stereocenters. The van der Waals surface area contributed by atoms with Crippen LogP contribution < -0.4 is 0 Å². The van der Waals surface area contributed by atoms with Gasteiger partial charge in [-0.3, -0.25) is 14.4 Å². The van der Waals surface area contributed by atoms with Crippen LogP contribution in [-0.4, -0.2) is 37.2 Å². The molecule has 0 aliphatic heterocycles. The summed E-state index contributed by atoms with van der Waals surface area (Å²) in [5.41, 5.74) is 0. The van der Waals surface area contributed by atoms with Crippen LogP contribution in [0.1, 0.15) is 330 Å². The van der Waals surface area contributed by atoms with Gasteiger partial charge in [0.15, 0.2) is 6.10 Å². The smallest absolute Gasteiger partial charge is 0.306 e. The highest BCUT2D eigenvalue weighted by Gasteiger charge is 2.19. The van der Waals surface area contributed by atoms with Crippen LogP contribution in [0.5, 0.6) is 0 Å². The molecule has 66 heavy (non-hydrogen) atoms. The minimum Gasteiger partial charge on any atom is -0.462 e. The Balaban J connectivity index is 4.20. The maximum atomic E-state index is 12.8. The van der Waals surface area contributed by atoms with Crippen LogP contribution in [0, 0.1) is 17.8 Å². The molecule has 0 aliphatic carbocycles. The number of carbonyl (C=O) groups is 3. The summed E-state index contributed by atoms with van der Waals surface area (Å²) in [6.07, 6.45) is 53.9. The van der Waals surface area contributed by atoms with Crippen LogP contribution in [0.4, 0.5) is 0 Å². The van der Waals surface area contributed by atoms with Crippen molar-refractivity contribution in [3.8, 4) is 0 Å². The summed E-state index contributed by atoms with van der Waals surface area (Å²) >= 11 is 0. The SMILES string of the molecule is CCC(C)CCCCCCCCCCCCCCCCCCCCC(=O)OC[C@@H](COC(=O)CCCCCCCCCCCCCCC(C)C)OC(=O)CCCCCCCCCCC(C)C. The normalized spacial score (nSPS) is 12.5. The van der Waals surface area contributed by atoms with Gasteiger partial charge < -0.3 is 14.2 Å². The molecular weight excluding hydrogens is 817 g/mol. The highest BCUT2D eigenvalue weighted by atomic mass is 16.6. The highest BCUT2D eigenvalue weighted by molar-refractivity contribution is 5.71. The van der Waals surface area contributed by atoms with Crippen molar-refractivity contribution in [1.29, 1.82) is 0 Å². The van der Waals surface area contributed by atoms with Crippen LogP contribution in [-0.2, 0) is 28.6 Å². The van der Waals surface area contributed by atoms with Crippen molar-refractivity contribution in [2.45, 2.75) is 337 Å². The number of ether oxygens (including phenoxy) is 3. The zero-order chi connectivity index (χ0) is 48.4. The van der Waals surface area contributed by atoms with E-state index in [1.165, 1.54) is 212 Å².